The third-order valence-corrected chi connectivity index (χ3v) is 4.74. The largest absolute Gasteiger partial charge is 0.508 e. The van der Waals surface area contributed by atoms with Crippen LogP contribution in [-0.2, 0) is 30.4 Å². The zero-order valence-corrected chi connectivity index (χ0v) is 18.2. The third kappa shape index (κ3) is 9.34. The Bertz CT molecular complexity index is 865. The second-order valence-electron chi connectivity index (χ2n) is 6.96. The molecule has 1 rings (SSSR count). The fourth-order valence-electron chi connectivity index (χ4n) is 2.55. The van der Waals surface area contributed by atoms with E-state index >= 15 is 0 Å². The summed E-state index contributed by atoms with van der Waals surface area (Å²) in [6.07, 6.45) is -1.00. The van der Waals surface area contributed by atoms with Crippen molar-refractivity contribution in [2.45, 2.75) is 37.0 Å². The van der Waals surface area contributed by atoms with E-state index in [-0.39, 0.29) is 17.9 Å². The highest BCUT2D eigenvalue weighted by molar-refractivity contribution is 7.80. The number of aliphatic carboxylic acids is 2. The van der Waals surface area contributed by atoms with Crippen LogP contribution in [-0.4, -0.2) is 86.6 Å². The van der Waals surface area contributed by atoms with Crippen molar-refractivity contribution in [2.24, 2.45) is 5.73 Å². The van der Waals surface area contributed by atoms with Gasteiger partial charge in [-0.05, 0) is 17.7 Å². The normalized spacial score (nSPS) is 14.3. The Hall–Kier alpha value is -3.36. The van der Waals surface area contributed by atoms with Gasteiger partial charge in [0.15, 0.2) is 0 Å². The van der Waals surface area contributed by atoms with Crippen molar-refractivity contribution in [1.29, 1.82) is 0 Å². The van der Waals surface area contributed by atoms with Gasteiger partial charge in [0, 0.05) is 12.2 Å². The molecule has 0 radical (unpaired) electrons. The number of aromatic hydroxyl groups is 1. The van der Waals surface area contributed by atoms with Gasteiger partial charge in [-0.15, -0.1) is 0 Å². The Labute approximate surface area is 193 Å². The van der Waals surface area contributed by atoms with Crippen LogP contribution in [0.15, 0.2) is 24.3 Å². The molecule has 0 aliphatic carbocycles. The first-order valence-corrected chi connectivity index (χ1v) is 10.2. The van der Waals surface area contributed by atoms with E-state index < -0.39 is 66.9 Å². The first kappa shape index (κ1) is 27.7. The van der Waals surface area contributed by atoms with Gasteiger partial charge in [0.2, 0.25) is 17.7 Å². The van der Waals surface area contributed by atoms with E-state index in [2.05, 4.69) is 28.6 Å². The summed E-state index contributed by atoms with van der Waals surface area (Å²) in [5.41, 5.74) is 5.99. The van der Waals surface area contributed by atoms with Crippen molar-refractivity contribution in [1.82, 2.24) is 16.0 Å². The predicted molar refractivity (Wildman–Crippen MR) is 116 cm³/mol. The number of carboxylic acid groups (broad SMARTS) is 2. The fourth-order valence-corrected chi connectivity index (χ4v) is 2.72. The number of hydrogen-bond donors (Lipinski definition) is 9. The summed E-state index contributed by atoms with van der Waals surface area (Å²) in [7, 11) is 0. The van der Waals surface area contributed by atoms with Gasteiger partial charge in [-0.25, -0.2) is 4.79 Å². The molecule has 0 saturated heterocycles. The summed E-state index contributed by atoms with van der Waals surface area (Å²) >= 11 is 3.86. The maximum Gasteiger partial charge on any atom is 0.328 e. The summed E-state index contributed by atoms with van der Waals surface area (Å²) < 4.78 is 0. The molecule has 1 aromatic carbocycles. The van der Waals surface area contributed by atoms with Gasteiger partial charge in [0.05, 0.1) is 19.1 Å². The smallest absolute Gasteiger partial charge is 0.328 e. The molecule has 33 heavy (non-hydrogen) atoms. The van der Waals surface area contributed by atoms with Crippen LogP contribution in [0.25, 0.3) is 0 Å². The number of rotatable bonds is 13. The number of aliphatic hydroxyl groups excluding tert-OH is 1. The van der Waals surface area contributed by atoms with Gasteiger partial charge in [-0.1, -0.05) is 12.1 Å². The first-order valence-electron chi connectivity index (χ1n) is 9.59. The Kier molecular flexibility index (Phi) is 11.1. The van der Waals surface area contributed by atoms with E-state index in [9.17, 15) is 29.1 Å². The lowest BCUT2D eigenvalue weighted by atomic mass is 10.0. The van der Waals surface area contributed by atoms with Crippen LogP contribution in [0.5, 0.6) is 5.75 Å². The molecule has 182 valence electrons. The molecule has 14 heteroatoms. The van der Waals surface area contributed by atoms with Crippen LogP contribution in [0.2, 0.25) is 0 Å². The van der Waals surface area contributed by atoms with Gasteiger partial charge < -0.3 is 42.1 Å². The van der Waals surface area contributed by atoms with E-state index in [1.165, 1.54) is 24.3 Å². The summed E-state index contributed by atoms with van der Waals surface area (Å²) in [4.78, 5) is 59.7. The lowest BCUT2D eigenvalue weighted by Crippen LogP contribution is -2.58. The summed E-state index contributed by atoms with van der Waals surface area (Å²) in [5, 5.41) is 43.2. The van der Waals surface area contributed by atoms with Crippen LogP contribution < -0.4 is 21.7 Å². The molecule has 0 aliphatic rings. The van der Waals surface area contributed by atoms with Crippen LogP contribution in [0.4, 0.5) is 0 Å². The van der Waals surface area contributed by atoms with Crippen molar-refractivity contribution < 1.29 is 44.4 Å². The van der Waals surface area contributed by atoms with E-state index in [1.807, 2.05) is 0 Å². The van der Waals surface area contributed by atoms with E-state index in [0.29, 0.717) is 5.56 Å². The molecule has 1 aromatic rings. The van der Waals surface area contributed by atoms with E-state index in [4.69, 9.17) is 21.1 Å². The Morgan fingerprint density at radius 2 is 1.39 bits per heavy atom. The van der Waals surface area contributed by atoms with Gasteiger partial charge in [-0.2, -0.15) is 12.6 Å². The number of benzene rings is 1. The third-order valence-electron chi connectivity index (χ3n) is 4.35. The molecule has 4 atom stereocenters. The Morgan fingerprint density at radius 3 is 1.88 bits per heavy atom. The molecular formula is C19H26N4O9S. The summed E-state index contributed by atoms with van der Waals surface area (Å²) in [6, 6.07) is -0.228. The number of nitrogens with one attached hydrogen (secondary N) is 3. The first-order chi connectivity index (χ1) is 15.5. The lowest BCUT2D eigenvalue weighted by Gasteiger charge is -2.24. The van der Waals surface area contributed by atoms with Crippen molar-refractivity contribution in [3.05, 3.63) is 29.8 Å². The van der Waals surface area contributed by atoms with Gasteiger partial charge in [0.25, 0.3) is 0 Å². The monoisotopic (exact) mass is 486 g/mol. The van der Waals surface area contributed by atoms with Crippen molar-refractivity contribution >= 4 is 42.3 Å². The Morgan fingerprint density at radius 1 is 0.879 bits per heavy atom. The molecule has 3 amide bonds. The number of thiol groups is 1. The SMILES string of the molecule is NC(CS)C(=O)NC(CC(=O)O)C(=O)NC(Cc1ccc(O)cc1)C(=O)NC(CO)C(=O)O. The molecular weight excluding hydrogens is 460 g/mol. The molecule has 0 heterocycles. The second kappa shape index (κ2) is 13.2. The number of amides is 3. The maximum atomic E-state index is 12.7. The highest BCUT2D eigenvalue weighted by Crippen LogP contribution is 2.12. The van der Waals surface area contributed by atoms with Crippen LogP contribution in [0.1, 0.15) is 12.0 Å². The fraction of sp³-hybridized carbons (Fsp3) is 0.421. The Balaban J connectivity index is 3.12. The van der Waals surface area contributed by atoms with Gasteiger partial charge >= 0.3 is 11.9 Å². The van der Waals surface area contributed by atoms with Crippen molar-refractivity contribution in [3.8, 4) is 5.75 Å². The molecule has 0 aliphatic heterocycles. The quantitative estimate of drug-likeness (QED) is 0.130. The van der Waals surface area contributed by atoms with Crippen molar-refractivity contribution in [3.63, 3.8) is 0 Å². The van der Waals surface area contributed by atoms with Crippen LogP contribution in [0.3, 0.4) is 0 Å². The molecule has 13 nitrogen and oxygen atoms in total. The maximum absolute atomic E-state index is 12.7. The van der Waals surface area contributed by atoms with Gasteiger partial charge in [-0.3, -0.25) is 19.2 Å². The minimum Gasteiger partial charge on any atom is -0.508 e. The molecule has 4 unspecified atom stereocenters. The van der Waals surface area contributed by atoms with Crippen LogP contribution in [0, 0.1) is 0 Å². The summed E-state index contributed by atoms with van der Waals surface area (Å²) in [5.74, 6) is -5.91. The molecule has 0 spiro atoms. The standard InChI is InChI=1S/C19H26N4O9S/c20-11(8-33)16(28)21-13(6-15(26)27)18(30)22-12(5-9-1-3-10(25)4-2-9)17(29)23-14(7-24)19(31)32/h1-4,11-14,24-25,33H,5-8,20H2,(H,21,28)(H,22,30)(H,23,29)(H,26,27)(H,31,32). The number of hydrogen-bond acceptors (Lipinski definition) is 9. The number of phenolic OH excluding ortho intramolecular Hbond substituents is 1. The zero-order valence-electron chi connectivity index (χ0n) is 17.3. The molecule has 0 saturated carbocycles. The topological polar surface area (TPSA) is 228 Å². The van der Waals surface area contributed by atoms with E-state index in [0.717, 1.165) is 0 Å². The van der Waals surface area contributed by atoms with Crippen molar-refractivity contribution in [2.75, 3.05) is 12.4 Å². The molecule has 9 N–H and O–H groups in total. The van der Waals surface area contributed by atoms with Crippen LogP contribution >= 0.6 is 12.6 Å². The zero-order chi connectivity index (χ0) is 25.1. The average molecular weight is 487 g/mol. The highest BCUT2D eigenvalue weighted by atomic mass is 32.1. The molecule has 0 bridgehead atoms. The molecule has 0 aromatic heterocycles. The molecule has 0 fully saturated rings. The number of nitrogens with two attached hydrogens (primary N) is 1. The minimum atomic E-state index is -1.65. The minimum absolute atomic E-state index is 0.0558. The number of carbonyl (C=O) groups is 5. The average Bonchev–Trinajstić information content (AvgIpc) is 2.76. The number of carboxylic acids is 2. The second-order valence-corrected chi connectivity index (χ2v) is 7.33. The number of phenols is 1. The summed E-state index contributed by atoms with van der Waals surface area (Å²) in [6.45, 7) is -0.916. The van der Waals surface area contributed by atoms with Gasteiger partial charge in [0.1, 0.15) is 23.9 Å². The lowest BCUT2D eigenvalue weighted by molar-refractivity contribution is -0.144. The highest BCUT2D eigenvalue weighted by Gasteiger charge is 2.31. The van der Waals surface area contributed by atoms with E-state index in [1.54, 1.807) is 0 Å². The number of carbonyl (C=O) groups excluding carboxylic acids is 3. The number of aliphatic hydroxyl groups is 1. The predicted octanol–water partition coefficient (Wildman–Crippen LogP) is -2.80.